The first-order valence-corrected chi connectivity index (χ1v) is 9.31. The first-order chi connectivity index (χ1) is 13.3. The Hall–Kier alpha value is -2.60. The molecule has 0 amide bonds. The van der Waals surface area contributed by atoms with Gasteiger partial charge in [-0.2, -0.15) is 0 Å². The molecule has 0 saturated heterocycles. The van der Waals surface area contributed by atoms with Gasteiger partial charge in [-0.05, 0) is 43.0 Å². The number of benzene rings is 1. The minimum absolute atomic E-state index is 0.0717. The number of pyridine rings is 2. The van der Waals surface area contributed by atoms with Gasteiger partial charge in [0, 0.05) is 28.9 Å². The van der Waals surface area contributed by atoms with Crippen LogP contribution in [0.25, 0.3) is 22.0 Å². The summed E-state index contributed by atoms with van der Waals surface area (Å²) in [6.45, 7) is 6.09. The normalized spacial score (nSPS) is 13.9. The van der Waals surface area contributed by atoms with E-state index in [0.717, 1.165) is 22.9 Å². The van der Waals surface area contributed by atoms with Gasteiger partial charge in [0.1, 0.15) is 6.61 Å². The molecular weight excluding hydrogens is 360 g/mol. The molecule has 0 aliphatic carbocycles. The first-order valence-electron chi connectivity index (χ1n) is 9.31. The maximum absolute atomic E-state index is 13.7. The van der Waals surface area contributed by atoms with Crippen LogP contribution in [0.1, 0.15) is 39.2 Å². The molecule has 0 aliphatic rings. The fourth-order valence-corrected chi connectivity index (χ4v) is 3.47. The van der Waals surface area contributed by atoms with Crippen LogP contribution >= 0.6 is 0 Å². The van der Waals surface area contributed by atoms with Crippen molar-refractivity contribution in [1.82, 2.24) is 9.97 Å². The minimum atomic E-state index is -2.70. The lowest BCUT2D eigenvalue weighted by Crippen LogP contribution is -2.43. The molecule has 1 unspecified atom stereocenters. The number of hydrogen-bond donors (Lipinski definition) is 1. The smallest absolute Gasteiger partial charge is 0.269 e. The number of nitrogens with two attached hydrogens (primary N) is 1. The molecule has 0 saturated carbocycles. The van der Waals surface area contributed by atoms with E-state index in [4.69, 9.17) is 10.5 Å². The summed E-state index contributed by atoms with van der Waals surface area (Å²) < 4.78 is 33.0. The Bertz CT molecular complexity index is 952. The zero-order chi connectivity index (χ0) is 20.3. The number of ether oxygens (including phenoxy) is 1. The Kier molecular flexibility index (Phi) is 5.89. The van der Waals surface area contributed by atoms with Gasteiger partial charge in [0.25, 0.3) is 6.43 Å². The summed E-state index contributed by atoms with van der Waals surface area (Å²) in [5.41, 5.74) is 7.57. The molecule has 1 atom stereocenters. The molecule has 3 aromatic rings. The highest BCUT2D eigenvalue weighted by molar-refractivity contribution is 5.94. The average Bonchev–Trinajstić information content (AvgIpc) is 2.65. The van der Waals surface area contributed by atoms with Crippen LogP contribution in [0.2, 0.25) is 0 Å². The van der Waals surface area contributed by atoms with Crippen molar-refractivity contribution in [3.63, 3.8) is 0 Å². The molecule has 1 aromatic carbocycles. The third-order valence-electron chi connectivity index (χ3n) is 4.49. The van der Waals surface area contributed by atoms with Crippen LogP contribution in [0, 0.1) is 5.92 Å². The predicted molar refractivity (Wildman–Crippen MR) is 107 cm³/mol. The van der Waals surface area contributed by atoms with Gasteiger partial charge in [-0.15, -0.1) is 0 Å². The van der Waals surface area contributed by atoms with E-state index in [-0.39, 0.29) is 18.1 Å². The Balaban J connectivity index is 1.93. The molecule has 4 nitrogen and oxygen atoms in total. The number of nitrogens with zero attached hydrogens (tertiary/aromatic N) is 2. The van der Waals surface area contributed by atoms with Crippen LogP contribution in [0.3, 0.4) is 0 Å². The molecular formula is C22H25F2N3O. The first kappa shape index (κ1) is 20.1. The van der Waals surface area contributed by atoms with Crippen molar-refractivity contribution >= 4 is 10.9 Å². The van der Waals surface area contributed by atoms with Crippen molar-refractivity contribution in [1.29, 1.82) is 0 Å². The standard InChI is InChI=1S/C22H25F2N3O/c1-14(2)11-22(3,25)13-28-21-18(20(23)24)10-15(12-27-21)16-8-9-26-19-7-5-4-6-17(16)19/h4-10,12,14,20H,11,13,25H2,1-3H3. The molecule has 2 N–H and O–H groups in total. The molecule has 2 heterocycles. The van der Waals surface area contributed by atoms with Gasteiger partial charge in [-0.1, -0.05) is 32.0 Å². The molecule has 3 rings (SSSR count). The van der Waals surface area contributed by atoms with Crippen LogP contribution in [0.5, 0.6) is 5.88 Å². The van der Waals surface area contributed by atoms with Gasteiger partial charge >= 0.3 is 0 Å². The summed E-state index contributed by atoms with van der Waals surface area (Å²) in [6.07, 6.45) is 1.23. The van der Waals surface area contributed by atoms with Crippen molar-refractivity contribution in [2.45, 2.75) is 39.2 Å². The maximum Gasteiger partial charge on any atom is 0.269 e. The van der Waals surface area contributed by atoms with Crippen molar-refractivity contribution in [2.75, 3.05) is 6.61 Å². The maximum atomic E-state index is 13.7. The highest BCUT2D eigenvalue weighted by Crippen LogP contribution is 2.34. The fraction of sp³-hybridized carbons (Fsp3) is 0.364. The monoisotopic (exact) mass is 385 g/mol. The molecule has 0 spiro atoms. The van der Waals surface area contributed by atoms with Crippen molar-refractivity contribution in [2.24, 2.45) is 11.7 Å². The number of fused-ring (bicyclic) bond motifs is 1. The lowest BCUT2D eigenvalue weighted by Gasteiger charge is -2.26. The van der Waals surface area contributed by atoms with Crippen LogP contribution in [0.15, 0.2) is 48.8 Å². The zero-order valence-electron chi connectivity index (χ0n) is 16.3. The third kappa shape index (κ3) is 4.62. The van der Waals surface area contributed by atoms with E-state index in [2.05, 4.69) is 23.8 Å². The Morgan fingerprint density at radius 3 is 2.61 bits per heavy atom. The SMILES string of the molecule is CC(C)CC(C)(N)COc1ncc(-c2ccnc3ccccc23)cc1C(F)F. The van der Waals surface area contributed by atoms with E-state index < -0.39 is 12.0 Å². The van der Waals surface area contributed by atoms with Crippen molar-refractivity contribution in [3.05, 3.63) is 54.4 Å². The van der Waals surface area contributed by atoms with Crippen molar-refractivity contribution < 1.29 is 13.5 Å². The van der Waals surface area contributed by atoms with Crippen LogP contribution < -0.4 is 10.5 Å². The number of para-hydroxylation sites is 1. The molecule has 0 radical (unpaired) electrons. The van der Waals surface area contributed by atoms with E-state index >= 15 is 0 Å². The van der Waals surface area contributed by atoms with Crippen LogP contribution in [0.4, 0.5) is 8.78 Å². The second-order valence-electron chi connectivity index (χ2n) is 7.84. The lowest BCUT2D eigenvalue weighted by molar-refractivity contribution is 0.137. The lowest BCUT2D eigenvalue weighted by atomic mass is 9.93. The average molecular weight is 385 g/mol. The van der Waals surface area contributed by atoms with Gasteiger partial charge in [-0.3, -0.25) is 4.98 Å². The van der Waals surface area contributed by atoms with Gasteiger partial charge in [0.05, 0.1) is 11.1 Å². The third-order valence-corrected chi connectivity index (χ3v) is 4.49. The fourth-order valence-electron chi connectivity index (χ4n) is 3.47. The highest BCUT2D eigenvalue weighted by Gasteiger charge is 2.24. The van der Waals surface area contributed by atoms with Gasteiger partial charge in [-0.25, -0.2) is 13.8 Å². The minimum Gasteiger partial charge on any atom is -0.475 e. The van der Waals surface area contributed by atoms with Crippen molar-refractivity contribution in [3.8, 4) is 17.0 Å². The van der Waals surface area contributed by atoms with Gasteiger partial charge in [0.2, 0.25) is 5.88 Å². The largest absolute Gasteiger partial charge is 0.475 e. The van der Waals surface area contributed by atoms with E-state index in [1.54, 1.807) is 18.5 Å². The predicted octanol–water partition coefficient (Wildman–Crippen LogP) is 5.38. The van der Waals surface area contributed by atoms with Crippen LogP contribution in [-0.4, -0.2) is 22.1 Å². The molecule has 148 valence electrons. The summed E-state index contributed by atoms with van der Waals surface area (Å²) >= 11 is 0. The molecule has 0 bridgehead atoms. The second-order valence-corrected chi connectivity index (χ2v) is 7.84. The Labute approximate surface area is 163 Å². The summed E-state index contributed by atoms with van der Waals surface area (Å²) in [7, 11) is 0. The quantitative estimate of drug-likeness (QED) is 0.593. The van der Waals surface area contributed by atoms with E-state index in [1.807, 2.05) is 31.2 Å². The summed E-state index contributed by atoms with van der Waals surface area (Å²) in [5, 5.41) is 0.882. The highest BCUT2D eigenvalue weighted by atomic mass is 19.3. The number of halogens is 2. The molecule has 2 aromatic heterocycles. The molecule has 6 heteroatoms. The molecule has 28 heavy (non-hydrogen) atoms. The van der Waals surface area contributed by atoms with Gasteiger partial charge in [0.15, 0.2) is 0 Å². The molecule has 0 aliphatic heterocycles. The number of alkyl halides is 2. The zero-order valence-corrected chi connectivity index (χ0v) is 16.3. The summed E-state index contributed by atoms with van der Waals surface area (Å²) in [6, 6.07) is 10.8. The summed E-state index contributed by atoms with van der Waals surface area (Å²) in [4.78, 5) is 8.50. The summed E-state index contributed by atoms with van der Waals surface area (Å²) in [5.74, 6) is 0.306. The topological polar surface area (TPSA) is 61.0 Å². The number of rotatable bonds is 7. The Morgan fingerprint density at radius 2 is 1.89 bits per heavy atom. The number of aromatic nitrogens is 2. The van der Waals surface area contributed by atoms with E-state index in [0.29, 0.717) is 11.5 Å². The van der Waals surface area contributed by atoms with Crippen LogP contribution in [-0.2, 0) is 0 Å². The van der Waals surface area contributed by atoms with E-state index in [1.165, 1.54) is 6.07 Å². The molecule has 0 fully saturated rings. The number of hydrogen-bond acceptors (Lipinski definition) is 4. The second kappa shape index (κ2) is 8.19. The van der Waals surface area contributed by atoms with E-state index in [9.17, 15) is 8.78 Å². The Morgan fingerprint density at radius 1 is 1.14 bits per heavy atom. The van der Waals surface area contributed by atoms with Gasteiger partial charge < -0.3 is 10.5 Å².